The van der Waals surface area contributed by atoms with E-state index in [9.17, 15) is 14.4 Å². The molecule has 1 saturated heterocycles. The molecule has 0 radical (unpaired) electrons. The second-order valence-corrected chi connectivity index (χ2v) is 6.88. The minimum absolute atomic E-state index is 0.0391. The first-order valence-corrected chi connectivity index (χ1v) is 9.38. The van der Waals surface area contributed by atoms with Crippen LogP contribution in [0.1, 0.15) is 31.3 Å². The summed E-state index contributed by atoms with van der Waals surface area (Å²) in [6, 6.07) is 18.1. The molecule has 7 heteroatoms. The molecule has 1 aliphatic rings. The summed E-state index contributed by atoms with van der Waals surface area (Å²) in [5.74, 6) is -0.988. The maximum absolute atomic E-state index is 13.0. The minimum Gasteiger partial charge on any atom is -0.364 e. The first-order chi connectivity index (χ1) is 14.0. The second-order valence-electron chi connectivity index (χ2n) is 6.88. The Hall–Kier alpha value is -3.74. The van der Waals surface area contributed by atoms with E-state index in [1.54, 1.807) is 21.9 Å². The molecule has 0 bridgehead atoms. The number of primary amides is 1. The molecular weight excluding hydrogens is 368 g/mol. The molecule has 3 aromatic rings. The van der Waals surface area contributed by atoms with Crippen LogP contribution in [-0.4, -0.2) is 58.7 Å². The van der Waals surface area contributed by atoms with Crippen LogP contribution in [0.3, 0.4) is 0 Å². The van der Waals surface area contributed by atoms with E-state index < -0.39 is 5.91 Å². The first kappa shape index (κ1) is 18.6. The van der Waals surface area contributed by atoms with Crippen molar-refractivity contribution in [3.8, 4) is 0 Å². The van der Waals surface area contributed by atoms with Crippen LogP contribution >= 0.6 is 0 Å². The number of carbonyl (C=O) groups is 3. The zero-order valence-electron chi connectivity index (χ0n) is 15.7. The zero-order chi connectivity index (χ0) is 20.4. The van der Waals surface area contributed by atoms with Gasteiger partial charge in [0.2, 0.25) is 0 Å². The molecule has 0 saturated carbocycles. The van der Waals surface area contributed by atoms with Crippen molar-refractivity contribution < 1.29 is 14.4 Å². The highest BCUT2D eigenvalue weighted by Crippen LogP contribution is 2.21. The van der Waals surface area contributed by atoms with Gasteiger partial charge in [0.1, 0.15) is 11.4 Å². The highest BCUT2D eigenvalue weighted by molar-refractivity contribution is 6.07. The molecule has 2 N–H and O–H groups in total. The summed E-state index contributed by atoms with van der Waals surface area (Å²) in [5.41, 5.74) is 6.13. The number of aromatic nitrogens is 1. The SMILES string of the molecule is NC(=O)c1cccc(C(=O)N2CCN(C(=O)c3cccc4ccccc34)CC2)n1. The summed E-state index contributed by atoms with van der Waals surface area (Å²) in [6.45, 7) is 1.67. The Morgan fingerprint density at radius 1 is 0.724 bits per heavy atom. The molecule has 0 atom stereocenters. The average molecular weight is 388 g/mol. The van der Waals surface area contributed by atoms with Gasteiger partial charge in [0.05, 0.1) is 0 Å². The third-order valence-corrected chi connectivity index (χ3v) is 5.09. The number of nitrogens with two attached hydrogens (primary N) is 1. The number of nitrogens with zero attached hydrogens (tertiary/aromatic N) is 3. The van der Waals surface area contributed by atoms with Crippen LogP contribution in [0.25, 0.3) is 10.8 Å². The molecule has 2 aromatic carbocycles. The molecule has 2 heterocycles. The molecule has 1 aromatic heterocycles. The number of hydrogen-bond donors (Lipinski definition) is 1. The van der Waals surface area contributed by atoms with E-state index in [1.807, 2.05) is 42.5 Å². The van der Waals surface area contributed by atoms with E-state index in [1.165, 1.54) is 6.07 Å². The number of pyridine rings is 1. The third kappa shape index (κ3) is 3.67. The van der Waals surface area contributed by atoms with Gasteiger partial charge in [-0.2, -0.15) is 0 Å². The number of carbonyl (C=O) groups excluding carboxylic acids is 3. The summed E-state index contributed by atoms with van der Waals surface area (Å²) >= 11 is 0. The molecule has 0 spiro atoms. The summed E-state index contributed by atoms with van der Waals surface area (Å²) in [6.07, 6.45) is 0. The van der Waals surface area contributed by atoms with Crippen molar-refractivity contribution >= 4 is 28.5 Å². The molecule has 0 unspecified atom stereocenters. The van der Waals surface area contributed by atoms with Gasteiger partial charge in [-0.15, -0.1) is 0 Å². The predicted molar refractivity (Wildman–Crippen MR) is 109 cm³/mol. The average Bonchev–Trinajstić information content (AvgIpc) is 2.78. The molecule has 29 heavy (non-hydrogen) atoms. The standard InChI is InChI=1S/C22H20N4O3/c23-20(27)18-9-4-10-19(24-18)22(29)26-13-11-25(12-14-26)21(28)17-8-3-6-15-5-1-2-7-16(15)17/h1-10H,11-14H2,(H2,23,27). The maximum atomic E-state index is 13.0. The number of amides is 3. The number of fused-ring (bicyclic) bond motifs is 1. The third-order valence-electron chi connectivity index (χ3n) is 5.09. The summed E-state index contributed by atoms with van der Waals surface area (Å²) in [7, 11) is 0. The van der Waals surface area contributed by atoms with Crippen molar-refractivity contribution in [3.63, 3.8) is 0 Å². The fourth-order valence-electron chi connectivity index (χ4n) is 3.55. The van der Waals surface area contributed by atoms with Crippen molar-refractivity contribution in [1.82, 2.24) is 14.8 Å². The van der Waals surface area contributed by atoms with Gasteiger partial charge in [-0.1, -0.05) is 42.5 Å². The Kier molecular flexibility index (Phi) is 4.95. The lowest BCUT2D eigenvalue weighted by Gasteiger charge is -2.34. The van der Waals surface area contributed by atoms with E-state index in [-0.39, 0.29) is 23.2 Å². The van der Waals surface area contributed by atoms with Crippen molar-refractivity contribution in [1.29, 1.82) is 0 Å². The Morgan fingerprint density at radius 2 is 1.31 bits per heavy atom. The largest absolute Gasteiger partial charge is 0.364 e. The minimum atomic E-state index is -0.676. The molecule has 146 valence electrons. The van der Waals surface area contributed by atoms with Crippen molar-refractivity contribution in [2.45, 2.75) is 0 Å². The quantitative estimate of drug-likeness (QED) is 0.741. The van der Waals surface area contributed by atoms with Crippen LogP contribution < -0.4 is 5.73 Å². The Bertz CT molecular complexity index is 1100. The van der Waals surface area contributed by atoms with Gasteiger partial charge in [0.25, 0.3) is 17.7 Å². The fraction of sp³-hybridized carbons (Fsp3) is 0.182. The summed E-state index contributed by atoms with van der Waals surface area (Å²) in [4.78, 5) is 44.5. The number of rotatable bonds is 3. The van der Waals surface area contributed by atoms with E-state index in [0.717, 1.165) is 10.8 Å². The smallest absolute Gasteiger partial charge is 0.272 e. The predicted octanol–water partition coefficient (Wildman–Crippen LogP) is 1.93. The summed E-state index contributed by atoms with van der Waals surface area (Å²) in [5, 5.41) is 1.94. The molecule has 4 rings (SSSR count). The van der Waals surface area contributed by atoms with Crippen LogP contribution in [0, 0.1) is 0 Å². The van der Waals surface area contributed by atoms with Crippen LogP contribution in [0.15, 0.2) is 60.7 Å². The lowest BCUT2D eigenvalue weighted by atomic mass is 10.0. The van der Waals surface area contributed by atoms with Gasteiger partial charge in [0.15, 0.2) is 0 Å². The van der Waals surface area contributed by atoms with Gasteiger partial charge >= 0.3 is 0 Å². The highest BCUT2D eigenvalue weighted by Gasteiger charge is 2.27. The van der Waals surface area contributed by atoms with Crippen LogP contribution in [0.2, 0.25) is 0 Å². The molecule has 1 aliphatic heterocycles. The van der Waals surface area contributed by atoms with Gasteiger partial charge in [0, 0.05) is 31.7 Å². The van der Waals surface area contributed by atoms with E-state index in [4.69, 9.17) is 5.73 Å². The van der Waals surface area contributed by atoms with Crippen molar-refractivity contribution in [3.05, 3.63) is 77.6 Å². The zero-order valence-corrected chi connectivity index (χ0v) is 15.7. The van der Waals surface area contributed by atoms with Crippen LogP contribution in [-0.2, 0) is 0 Å². The summed E-state index contributed by atoms with van der Waals surface area (Å²) < 4.78 is 0. The topological polar surface area (TPSA) is 96.6 Å². The van der Waals surface area contributed by atoms with Crippen LogP contribution in [0.5, 0.6) is 0 Å². The molecule has 7 nitrogen and oxygen atoms in total. The lowest BCUT2D eigenvalue weighted by molar-refractivity contribution is 0.0533. The van der Waals surface area contributed by atoms with Gasteiger partial charge in [-0.05, 0) is 29.0 Å². The number of piperazine rings is 1. The van der Waals surface area contributed by atoms with E-state index in [0.29, 0.717) is 31.7 Å². The first-order valence-electron chi connectivity index (χ1n) is 9.38. The molecular formula is C22H20N4O3. The number of benzene rings is 2. The fourth-order valence-corrected chi connectivity index (χ4v) is 3.55. The Morgan fingerprint density at radius 3 is 2.03 bits per heavy atom. The van der Waals surface area contributed by atoms with Gasteiger partial charge in [-0.25, -0.2) is 4.98 Å². The normalized spacial score (nSPS) is 14.1. The highest BCUT2D eigenvalue weighted by atomic mass is 16.2. The lowest BCUT2D eigenvalue weighted by Crippen LogP contribution is -2.50. The molecule has 3 amide bonds. The Balaban J connectivity index is 1.46. The van der Waals surface area contributed by atoms with E-state index >= 15 is 0 Å². The monoisotopic (exact) mass is 388 g/mol. The van der Waals surface area contributed by atoms with E-state index in [2.05, 4.69) is 4.98 Å². The van der Waals surface area contributed by atoms with Crippen molar-refractivity contribution in [2.24, 2.45) is 5.73 Å². The van der Waals surface area contributed by atoms with Gasteiger partial charge < -0.3 is 15.5 Å². The van der Waals surface area contributed by atoms with Gasteiger partial charge in [-0.3, -0.25) is 14.4 Å². The molecule has 1 fully saturated rings. The second kappa shape index (κ2) is 7.71. The Labute approximate surface area is 167 Å². The molecule has 0 aliphatic carbocycles. The number of hydrogen-bond acceptors (Lipinski definition) is 4. The maximum Gasteiger partial charge on any atom is 0.272 e. The van der Waals surface area contributed by atoms with Crippen LogP contribution in [0.4, 0.5) is 0 Å². The van der Waals surface area contributed by atoms with Crippen molar-refractivity contribution in [2.75, 3.05) is 26.2 Å².